The van der Waals surface area contributed by atoms with Gasteiger partial charge in [0, 0.05) is 5.56 Å². The highest BCUT2D eigenvalue weighted by Gasteiger charge is 2.11. The minimum atomic E-state index is -0.532. The predicted molar refractivity (Wildman–Crippen MR) is 85.0 cm³/mol. The number of unbranched alkanes of at least 4 members (excludes halogenated alkanes) is 7. The Hall–Kier alpha value is -1.02. The van der Waals surface area contributed by atoms with E-state index in [-0.39, 0.29) is 5.75 Å². The third kappa shape index (κ3) is 6.42. The Balaban J connectivity index is 2.17. The first-order valence-electron chi connectivity index (χ1n) is 8.12. The topological polar surface area (TPSA) is 40.5 Å². The van der Waals surface area contributed by atoms with Crippen molar-refractivity contribution in [1.29, 1.82) is 0 Å². The zero-order valence-electron chi connectivity index (χ0n) is 13.1. The molecule has 0 aliphatic carbocycles. The first kappa shape index (κ1) is 17.0. The summed E-state index contributed by atoms with van der Waals surface area (Å²) >= 11 is 0. The fourth-order valence-electron chi connectivity index (χ4n) is 2.57. The summed E-state index contributed by atoms with van der Waals surface area (Å²) in [6, 6.07) is 5.41. The monoisotopic (exact) mass is 278 g/mol. The molecule has 0 amide bonds. The van der Waals surface area contributed by atoms with Crippen molar-refractivity contribution >= 4 is 0 Å². The van der Waals surface area contributed by atoms with Crippen LogP contribution in [0.25, 0.3) is 0 Å². The number of phenols is 1. The van der Waals surface area contributed by atoms with Gasteiger partial charge in [0.25, 0.3) is 0 Å². The van der Waals surface area contributed by atoms with Gasteiger partial charge in [0.15, 0.2) is 0 Å². The van der Waals surface area contributed by atoms with Gasteiger partial charge in [-0.25, -0.2) is 0 Å². The van der Waals surface area contributed by atoms with Gasteiger partial charge in [-0.05, 0) is 25.5 Å². The van der Waals surface area contributed by atoms with Crippen molar-refractivity contribution < 1.29 is 10.2 Å². The van der Waals surface area contributed by atoms with Crippen LogP contribution in [0.1, 0.15) is 81.9 Å². The Morgan fingerprint density at radius 2 is 1.55 bits per heavy atom. The van der Waals surface area contributed by atoms with Crippen LogP contribution in [-0.2, 0) is 0 Å². The summed E-state index contributed by atoms with van der Waals surface area (Å²) in [6.45, 7) is 4.22. The van der Waals surface area contributed by atoms with Crippen LogP contribution in [0.15, 0.2) is 18.2 Å². The van der Waals surface area contributed by atoms with Crippen molar-refractivity contribution in [3.05, 3.63) is 29.3 Å². The number of hydrogen-bond donors (Lipinski definition) is 2. The van der Waals surface area contributed by atoms with Crippen LogP contribution in [0.5, 0.6) is 5.75 Å². The second-order valence-corrected chi connectivity index (χ2v) is 5.84. The van der Waals surface area contributed by atoms with Crippen molar-refractivity contribution in [3.63, 3.8) is 0 Å². The lowest BCUT2D eigenvalue weighted by Crippen LogP contribution is -1.98. The number of aromatic hydroxyl groups is 1. The minimum absolute atomic E-state index is 0.211. The van der Waals surface area contributed by atoms with Crippen LogP contribution >= 0.6 is 0 Å². The fraction of sp³-hybridized carbons (Fsp3) is 0.667. The smallest absolute Gasteiger partial charge is 0.121 e. The fourth-order valence-corrected chi connectivity index (χ4v) is 2.57. The molecular weight excluding hydrogens is 248 g/mol. The summed E-state index contributed by atoms with van der Waals surface area (Å²) in [5.74, 6) is 0.211. The summed E-state index contributed by atoms with van der Waals surface area (Å²) in [5.41, 5.74) is 1.75. The molecular formula is C18H30O2. The molecule has 0 aliphatic heterocycles. The lowest BCUT2D eigenvalue weighted by atomic mass is 9.99. The quantitative estimate of drug-likeness (QED) is 0.573. The highest BCUT2D eigenvalue weighted by molar-refractivity contribution is 5.37. The van der Waals surface area contributed by atoms with Gasteiger partial charge in [-0.1, -0.05) is 69.9 Å². The molecule has 2 nitrogen and oxygen atoms in total. The molecule has 0 radical (unpaired) electrons. The predicted octanol–water partition coefficient (Wildman–Crippen LogP) is 5.26. The lowest BCUT2D eigenvalue weighted by Gasteiger charge is -2.13. The van der Waals surface area contributed by atoms with Crippen molar-refractivity contribution in [1.82, 2.24) is 0 Å². The van der Waals surface area contributed by atoms with Crippen LogP contribution in [-0.4, -0.2) is 10.2 Å². The first-order valence-corrected chi connectivity index (χ1v) is 8.12. The summed E-state index contributed by atoms with van der Waals surface area (Å²) in [5, 5.41) is 19.9. The summed E-state index contributed by atoms with van der Waals surface area (Å²) in [7, 11) is 0. The minimum Gasteiger partial charge on any atom is -0.508 e. The van der Waals surface area contributed by atoms with E-state index in [1.54, 1.807) is 6.07 Å². The lowest BCUT2D eigenvalue weighted by molar-refractivity contribution is 0.159. The van der Waals surface area contributed by atoms with Gasteiger partial charge in [-0.2, -0.15) is 0 Å². The molecule has 2 N–H and O–H groups in total. The Morgan fingerprint density at radius 3 is 2.20 bits per heavy atom. The number of rotatable bonds is 10. The van der Waals surface area contributed by atoms with Crippen molar-refractivity contribution in [2.24, 2.45) is 0 Å². The zero-order chi connectivity index (χ0) is 14.8. The van der Waals surface area contributed by atoms with Crippen LogP contribution in [0.2, 0.25) is 0 Å². The van der Waals surface area contributed by atoms with E-state index in [0.717, 1.165) is 18.4 Å². The van der Waals surface area contributed by atoms with Crippen LogP contribution in [0.3, 0.4) is 0 Å². The molecule has 0 spiro atoms. The van der Waals surface area contributed by atoms with Gasteiger partial charge < -0.3 is 10.2 Å². The molecule has 0 saturated heterocycles. The highest BCUT2D eigenvalue weighted by atomic mass is 16.3. The number of benzene rings is 1. The van der Waals surface area contributed by atoms with E-state index in [1.807, 2.05) is 19.1 Å². The van der Waals surface area contributed by atoms with Gasteiger partial charge in [0.2, 0.25) is 0 Å². The molecule has 0 bridgehead atoms. The molecule has 114 valence electrons. The normalized spacial score (nSPS) is 12.6. The Morgan fingerprint density at radius 1 is 0.950 bits per heavy atom. The molecule has 20 heavy (non-hydrogen) atoms. The number of aliphatic hydroxyl groups excluding tert-OH is 1. The largest absolute Gasteiger partial charge is 0.508 e. The molecule has 2 heteroatoms. The Kier molecular flexibility index (Phi) is 8.36. The maximum absolute atomic E-state index is 10.1. The van der Waals surface area contributed by atoms with Crippen LogP contribution in [0.4, 0.5) is 0 Å². The SMILES string of the molecule is CCCCCCCCCC[C@H](O)c1cc(C)ccc1O. The van der Waals surface area contributed by atoms with Crippen molar-refractivity contribution in [3.8, 4) is 5.75 Å². The molecule has 1 aromatic carbocycles. The number of aryl methyl sites for hydroxylation is 1. The van der Waals surface area contributed by atoms with E-state index in [9.17, 15) is 10.2 Å². The van der Waals surface area contributed by atoms with E-state index in [1.165, 1.54) is 44.9 Å². The van der Waals surface area contributed by atoms with E-state index in [4.69, 9.17) is 0 Å². The summed E-state index contributed by atoms with van der Waals surface area (Å²) in [6.07, 6.45) is 10.3. The van der Waals surface area contributed by atoms with Crippen LogP contribution < -0.4 is 0 Å². The summed E-state index contributed by atoms with van der Waals surface area (Å²) in [4.78, 5) is 0. The standard InChI is InChI=1S/C18H30O2/c1-3-4-5-6-7-8-9-10-11-17(19)16-14-15(2)12-13-18(16)20/h12-14,17,19-20H,3-11H2,1-2H3/t17-/m0/s1. The van der Waals surface area contributed by atoms with Crippen molar-refractivity contribution in [2.75, 3.05) is 0 Å². The van der Waals surface area contributed by atoms with E-state index < -0.39 is 6.10 Å². The molecule has 1 rings (SSSR count). The average Bonchev–Trinajstić information content (AvgIpc) is 2.44. The highest BCUT2D eigenvalue weighted by Crippen LogP contribution is 2.28. The Labute approximate surface area is 123 Å². The van der Waals surface area contributed by atoms with Gasteiger partial charge in [-0.15, -0.1) is 0 Å². The molecule has 1 aromatic rings. The molecule has 0 fully saturated rings. The summed E-state index contributed by atoms with van der Waals surface area (Å²) < 4.78 is 0. The molecule has 0 saturated carbocycles. The molecule has 0 heterocycles. The van der Waals surface area contributed by atoms with Gasteiger partial charge in [-0.3, -0.25) is 0 Å². The zero-order valence-corrected chi connectivity index (χ0v) is 13.1. The van der Waals surface area contributed by atoms with Crippen molar-refractivity contribution in [2.45, 2.75) is 77.7 Å². The number of phenolic OH excluding ortho intramolecular Hbond substituents is 1. The molecule has 0 aliphatic rings. The van der Waals surface area contributed by atoms with Gasteiger partial charge >= 0.3 is 0 Å². The third-order valence-corrected chi connectivity index (χ3v) is 3.87. The second-order valence-electron chi connectivity index (χ2n) is 5.84. The maximum Gasteiger partial charge on any atom is 0.121 e. The number of aliphatic hydroxyl groups is 1. The number of hydrogen-bond acceptors (Lipinski definition) is 2. The second kappa shape index (κ2) is 9.82. The Bertz CT molecular complexity index is 374. The van der Waals surface area contributed by atoms with Gasteiger partial charge in [0.05, 0.1) is 6.10 Å². The molecule has 0 aromatic heterocycles. The van der Waals surface area contributed by atoms with E-state index in [0.29, 0.717) is 5.56 Å². The van der Waals surface area contributed by atoms with E-state index >= 15 is 0 Å². The third-order valence-electron chi connectivity index (χ3n) is 3.87. The molecule has 0 unspecified atom stereocenters. The average molecular weight is 278 g/mol. The maximum atomic E-state index is 10.1. The van der Waals surface area contributed by atoms with Gasteiger partial charge in [0.1, 0.15) is 5.75 Å². The first-order chi connectivity index (χ1) is 9.65. The molecule has 1 atom stereocenters. The van der Waals surface area contributed by atoms with E-state index in [2.05, 4.69) is 6.92 Å². The van der Waals surface area contributed by atoms with Crippen LogP contribution in [0, 0.1) is 6.92 Å².